The van der Waals surface area contributed by atoms with Gasteiger partial charge < -0.3 is 5.32 Å². The van der Waals surface area contributed by atoms with Crippen LogP contribution >= 0.6 is 23.2 Å². The molecule has 0 radical (unpaired) electrons. The molecule has 24 heavy (non-hydrogen) atoms. The highest BCUT2D eigenvalue weighted by Crippen LogP contribution is 2.25. The number of nitrogens with one attached hydrogen (secondary N) is 1. The van der Waals surface area contributed by atoms with Crippen molar-refractivity contribution in [1.29, 1.82) is 0 Å². The second kappa shape index (κ2) is 7.46. The lowest BCUT2D eigenvalue weighted by Crippen LogP contribution is -2.18. The Labute approximate surface area is 147 Å². The summed E-state index contributed by atoms with van der Waals surface area (Å²) in [4.78, 5) is 11.7. The van der Waals surface area contributed by atoms with Crippen molar-refractivity contribution >= 4 is 44.6 Å². The van der Waals surface area contributed by atoms with Gasteiger partial charge in [0.15, 0.2) is 9.84 Å². The molecule has 0 aliphatic rings. The van der Waals surface area contributed by atoms with Crippen molar-refractivity contribution in [3.8, 4) is 0 Å². The Morgan fingerprint density at radius 2 is 1.67 bits per heavy atom. The summed E-state index contributed by atoms with van der Waals surface area (Å²) in [5.41, 5.74) is -0.616. The fourth-order valence-electron chi connectivity index (χ4n) is 1.83. The molecule has 9 heteroatoms. The highest BCUT2D eigenvalue weighted by molar-refractivity contribution is 7.91. The minimum atomic E-state index is -3.80. The standard InChI is InChI=1S/C15H11Cl2F2NO3S/c16-10-5-4-9(8-11(10)17)24(22,23)7-6-14(21)20-15-12(18)2-1-3-13(15)19/h1-5,8H,6-7H2,(H,20,21). The molecular weight excluding hydrogens is 383 g/mol. The van der Waals surface area contributed by atoms with Gasteiger partial charge in [-0.2, -0.15) is 0 Å². The summed E-state index contributed by atoms with van der Waals surface area (Å²) in [5.74, 6) is -3.28. The van der Waals surface area contributed by atoms with E-state index in [-0.39, 0.29) is 14.9 Å². The lowest BCUT2D eigenvalue weighted by molar-refractivity contribution is -0.115. The third-order valence-corrected chi connectivity index (χ3v) is 5.53. The molecule has 0 saturated carbocycles. The maximum absolute atomic E-state index is 13.4. The lowest BCUT2D eigenvalue weighted by Gasteiger charge is -2.08. The molecular formula is C15H11Cl2F2NO3S. The van der Waals surface area contributed by atoms with E-state index in [2.05, 4.69) is 0 Å². The Morgan fingerprint density at radius 3 is 2.25 bits per heavy atom. The Kier molecular flexibility index (Phi) is 5.79. The van der Waals surface area contributed by atoms with Gasteiger partial charge >= 0.3 is 0 Å². The van der Waals surface area contributed by atoms with Crippen molar-refractivity contribution in [2.45, 2.75) is 11.3 Å². The third kappa shape index (κ3) is 4.43. The molecule has 0 aromatic heterocycles. The number of hydrogen-bond acceptors (Lipinski definition) is 3. The molecule has 0 fully saturated rings. The van der Waals surface area contributed by atoms with Crippen LogP contribution in [0.1, 0.15) is 6.42 Å². The Balaban J connectivity index is 2.06. The van der Waals surface area contributed by atoms with Gasteiger partial charge in [0.1, 0.15) is 17.3 Å². The van der Waals surface area contributed by atoms with Gasteiger partial charge in [0.2, 0.25) is 5.91 Å². The topological polar surface area (TPSA) is 63.2 Å². The van der Waals surface area contributed by atoms with E-state index in [1.807, 2.05) is 5.32 Å². The first-order chi connectivity index (χ1) is 11.2. The second-order valence-corrected chi connectivity index (χ2v) is 7.71. The van der Waals surface area contributed by atoms with Gasteiger partial charge in [-0.25, -0.2) is 17.2 Å². The summed E-state index contributed by atoms with van der Waals surface area (Å²) in [7, 11) is -3.80. The minimum Gasteiger partial charge on any atom is -0.321 e. The Hall–Kier alpha value is -1.70. The van der Waals surface area contributed by atoms with Crippen LogP contribution in [0, 0.1) is 11.6 Å². The first-order valence-corrected chi connectivity index (χ1v) is 9.03. The summed E-state index contributed by atoms with van der Waals surface area (Å²) >= 11 is 11.5. The smallest absolute Gasteiger partial charge is 0.225 e. The van der Waals surface area contributed by atoms with E-state index < -0.39 is 45.2 Å². The number of carbonyl (C=O) groups excluding carboxylic acids is 1. The Bertz CT molecular complexity index is 868. The molecule has 1 amide bonds. The molecule has 2 aromatic carbocycles. The summed E-state index contributed by atoms with van der Waals surface area (Å²) in [6, 6.07) is 6.86. The molecule has 128 valence electrons. The normalized spacial score (nSPS) is 11.3. The molecule has 0 aliphatic heterocycles. The molecule has 0 aliphatic carbocycles. The van der Waals surface area contributed by atoms with Gasteiger partial charge in [-0.1, -0.05) is 29.3 Å². The zero-order valence-electron chi connectivity index (χ0n) is 12.0. The van der Waals surface area contributed by atoms with Crippen LogP contribution in [-0.2, 0) is 14.6 Å². The van der Waals surface area contributed by atoms with Gasteiger partial charge in [0, 0.05) is 6.42 Å². The minimum absolute atomic E-state index is 0.0654. The number of anilines is 1. The van der Waals surface area contributed by atoms with E-state index >= 15 is 0 Å². The van der Waals surface area contributed by atoms with Gasteiger partial charge in [-0.05, 0) is 30.3 Å². The molecule has 0 heterocycles. The van der Waals surface area contributed by atoms with Crippen LogP contribution in [0.2, 0.25) is 10.0 Å². The molecule has 0 unspecified atom stereocenters. The monoisotopic (exact) mass is 393 g/mol. The van der Waals surface area contributed by atoms with Crippen LogP contribution in [0.15, 0.2) is 41.3 Å². The third-order valence-electron chi connectivity index (χ3n) is 3.08. The number of benzene rings is 2. The molecule has 4 nitrogen and oxygen atoms in total. The molecule has 2 aromatic rings. The number of amides is 1. The highest BCUT2D eigenvalue weighted by atomic mass is 35.5. The van der Waals surface area contributed by atoms with E-state index in [0.717, 1.165) is 18.2 Å². The average molecular weight is 394 g/mol. The maximum Gasteiger partial charge on any atom is 0.225 e. The molecule has 0 atom stereocenters. The highest BCUT2D eigenvalue weighted by Gasteiger charge is 2.19. The Morgan fingerprint density at radius 1 is 1.04 bits per heavy atom. The van der Waals surface area contributed by atoms with Gasteiger partial charge in [-0.3, -0.25) is 4.79 Å². The summed E-state index contributed by atoms with van der Waals surface area (Å²) < 4.78 is 51.2. The number of rotatable bonds is 5. The molecule has 0 bridgehead atoms. The van der Waals surface area contributed by atoms with E-state index in [1.54, 1.807) is 0 Å². The molecule has 2 rings (SSSR count). The fourth-order valence-corrected chi connectivity index (χ4v) is 3.46. The summed E-state index contributed by atoms with van der Waals surface area (Å²) in [5, 5.41) is 2.29. The number of para-hydroxylation sites is 1. The van der Waals surface area contributed by atoms with Crippen LogP contribution < -0.4 is 5.32 Å². The van der Waals surface area contributed by atoms with Crippen molar-refractivity contribution in [1.82, 2.24) is 0 Å². The molecule has 0 spiro atoms. The van der Waals surface area contributed by atoms with Gasteiger partial charge in [0.25, 0.3) is 0 Å². The molecule has 1 N–H and O–H groups in total. The number of halogens is 4. The van der Waals surface area contributed by atoms with Crippen molar-refractivity contribution in [2.75, 3.05) is 11.1 Å². The van der Waals surface area contributed by atoms with Crippen LogP contribution in [0.5, 0.6) is 0 Å². The fraction of sp³-hybridized carbons (Fsp3) is 0.133. The maximum atomic E-state index is 13.4. The van der Waals surface area contributed by atoms with E-state index in [0.29, 0.717) is 0 Å². The number of carbonyl (C=O) groups is 1. The zero-order valence-corrected chi connectivity index (χ0v) is 14.4. The predicted octanol–water partition coefficient (Wildman–Crippen LogP) is 4.07. The van der Waals surface area contributed by atoms with Gasteiger partial charge in [0.05, 0.1) is 20.7 Å². The number of sulfone groups is 1. The van der Waals surface area contributed by atoms with Crippen LogP contribution in [0.4, 0.5) is 14.5 Å². The first kappa shape index (κ1) is 18.6. The lowest BCUT2D eigenvalue weighted by atomic mass is 10.3. The van der Waals surface area contributed by atoms with Crippen molar-refractivity contribution in [3.05, 3.63) is 58.1 Å². The first-order valence-electron chi connectivity index (χ1n) is 6.62. The predicted molar refractivity (Wildman–Crippen MR) is 88.1 cm³/mol. The average Bonchev–Trinajstić information content (AvgIpc) is 2.52. The van der Waals surface area contributed by atoms with E-state index in [4.69, 9.17) is 23.2 Å². The van der Waals surface area contributed by atoms with Crippen LogP contribution in [-0.4, -0.2) is 20.1 Å². The van der Waals surface area contributed by atoms with Crippen LogP contribution in [0.3, 0.4) is 0 Å². The summed E-state index contributed by atoms with van der Waals surface area (Å²) in [6.45, 7) is 0. The van der Waals surface area contributed by atoms with E-state index in [9.17, 15) is 22.0 Å². The van der Waals surface area contributed by atoms with E-state index in [1.165, 1.54) is 18.2 Å². The largest absolute Gasteiger partial charge is 0.321 e. The van der Waals surface area contributed by atoms with Crippen molar-refractivity contribution in [2.24, 2.45) is 0 Å². The van der Waals surface area contributed by atoms with Crippen molar-refractivity contribution < 1.29 is 22.0 Å². The van der Waals surface area contributed by atoms with Crippen LogP contribution in [0.25, 0.3) is 0 Å². The second-order valence-electron chi connectivity index (χ2n) is 4.79. The quantitative estimate of drug-likeness (QED) is 0.832. The summed E-state index contributed by atoms with van der Waals surface area (Å²) in [6.07, 6.45) is -0.476. The molecule has 0 saturated heterocycles. The van der Waals surface area contributed by atoms with Gasteiger partial charge in [-0.15, -0.1) is 0 Å². The zero-order chi connectivity index (χ0) is 17.9. The number of hydrogen-bond donors (Lipinski definition) is 1. The van der Waals surface area contributed by atoms with Crippen molar-refractivity contribution in [3.63, 3.8) is 0 Å². The SMILES string of the molecule is O=C(CCS(=O)(=O)c1ccc(Cl)c(Cl)c1)Nc1c(F)cccc1F.